The Balaban J connectivity index is 2.04. The lowest BCUT2D eigenvalue weighted by atomic mass is 9.99. The molecule has 2 aromatic carbocycles. The van der Waals surface area contributed by atoms with Gasteiger partial charge in [-0.2, -0.15) is 0 Å². The molecule has 0 spiro atoms. The van der Waals surface area contributed by atoms with E-state index >= 15 is 0 Å². The Bertz CT molecular complexity index is 792. The fourth-order valence-corrected chi connectivity index (χ4v) is 2.10. The number of fused-ring (bicyclic) bond motifs is 1. The third-order valence-electron chi connectivity index (χ3n) is 3.39. The highest BCUT2D eigenvalue weighted by Gasteiger charge is 2.18. The van der Waals surface area contributed by atoms with Crippen LogP contribution >= 0.6 is 0 Å². The number of carboxylic acid groups (broad SMARTS) is 1. The van der Waals surface area contributed by atoms with E-state index in [0.717, 1.165) is 0 Å². The van der Waals surface area contributed by atoms with Crippen LogP contribution in [-0.4, -0.2) is 16.1 Å². The van der Waals surface area contributed by atoms with Crippen LogP contribution in [0, 0.1) is 5.82 Å². The average molecular weight is 285 g/mol. The van der Waals surface area contributed by atoms with Crippen molar-refractivity contribution in [1.29, 1.82) is 0 Å². The van der Waals surface area contributed by atoms with Crippen LogP contribution in [0.15, 0.2) is 46.9 Å². The number of aromatic nitrogens is 1. The average Bonchev–Trinajstić information content (AvgIpc) is 2.89. The Morgan fingerprint density at radius 3 is 2.71 bits per heavy atom. The smallest absolute Gasteiger partial charge is 0.310 e. The molecular formula is C16H12FNO3. The molecule has 0 saturated carbocycles. The number of rotatable bonds is 3. The second-order valence-electron chi connectivity index (χ2n) is 4.79. The van der Waals surface area contributed by atoms with Crippen molar-refractivity contribution in [2.45, 2.75) is 12.8 Å². The van der Waals surface area contributed by atoms with Crippen LogP contribution < -0.4 is 0 Å². The van der Waals surface area contributed by atoms with Crippen molar-refractivity contribution < 1.29 is 18.7 Å². The predicted molar refractivity (Wildman–Crippen MR) is 75.5 cm³/mol. The summed E-state index contributed by atoms with van der Waals surface area (Å²) in [6.45, 7) is 1.51. The van der Waals surface area contributed by atoms with Crippen molar-refractivity contribution in [3.8, 4) is 11.5 Å². The number of carboxylic acids is 1. The molecule has 0 aliphatic rings. The summed E-state index contributed by atoms with van der Waals surface area (Å²) in [6, 6.07) is 11.4. The van der Waals surface area contributed by atoms with E-state index in [1.807, 2.05) is 12.1 Å². The molecule has 5 heteroatoms. The van der Waals surface area contributed by atoms with Gasteiger partial charge in [0, 0.05) is 0 Å². The maximum absolute atomic E-state index is 14.2. The standard InChI is InChI=1S/C16H12FNO3/c1-9(16(19)20)10-6-7-11(12(17)8-10)15-18-13-4-2-3-5-14(13)21-15/h2-9H,1H3,(H,19,20). The fraction of sp³-hybridized carbons (Fsp3) is 0.125. The molecule has 0 bridgehead atoms. The molecule has 3 aromatic rings. The first-order valence-electron chi connectivity index (χ1n) is 6.44. The van der Waals surface area contributed by atoms with E-state index in [4.69, 9.17) is 9.52 Å². The highest BCUT2D eigenvalue weighted by Crippen LogP contribution is 2.28. The minimum Gasteiger partial charge on any atom is -0.481 e. The van der Waals surface area contributed by atoms with E-state index in [9.17, 15) is 9.18 Å². The molecule has 21 heavy (non-hydrogen) atoms. The van der Waals surface area contributed by atoms with E-state index in [0.29, 0.717) is 16.7 Å². The van der Waals surface area contributed by atoms with Crippen molar-refractivity contribution in [3.05, 3.63) is 53.8 Å². The van der Waals surface area contributed by atoms with Gasteiger partial charge in [-0.05, 0) is 36.8 Å². The molecule has 1 heterocycles. The van der Waals surface area contributed by atoms with Crippen molar-refractivity contribution in [2.24, 2.45) is 0 Å². The van der Waals surface area contributed by atoms with Crippen LogP contribution in [0.25, 0.3) is 22.6 Å². The summed E-state index contributed by atoms with van der Waals surface area (Å²) in [5.74, 6) is -2.13. The van der Waals surface area contributed by atoms with E-state index in [1.54, 1.807) is 18.2 Å². The van der Waals surface area contributed by atoms with Crippen LogP contribution in [0.5, 0.6) is 0 Å². The van der Waals surface area contributed by atoms with Gasteiger partial charge in [-0.15, -0.1) is 0 Å². The fourth-order valence-electron chi connectivity index (χ4n) is 2.10. The Morgan fingerprint density at radius 2 is 2.05 bits per heavy atom. The monoisotopic (exact) mass is 285 g/mol. The molecule has 1 N–H and O–H groups in total. The Hall–Kier alpha value is -2.69. The molecule has 0 saturated heterocycles. The van der Waals surface area contributed by atoms with Gasteiger partial charge in [-0.1, -0.05) is 18.2 Å². The highest BCUT2D eigenvalue weighted by atomic mass is 19.1. The number of benzene rings is 2. The lowest BCUT2D eigenvalue weighted by Crippen LogP contribution is -2.07. The third kappa shape index (κ3) is 2.38. The molecule has 1 unspecified atom stereocenters. The molecule has 0 amide bonds. The minimum atomic E-state index is -0.996. The predicted octanol–water partition coefficient (Wildman–Crippen LogP) is 3.82. The number of oxazole rings is 1. The van der Waals surface area contributed by atoms with Gasteiger partial charge in [0.25, 0.3) is 0 Å². The number of aliphatic carboxylic acids is 1. The number of halogens is 1. The number of nitrogens with zero attached hydrogens (tertiary/aromatic N) is 1. The van der Waals surface area contributed by atoms with Crippen LogP contribution in [-0.2, 0) is 4.79 Å². The largest absolute Gasteiger partial charge is 0.481 e. The molecule has 106 valence electrons. The molecule has 4 nitrogen and oxygen atoms in total. The molecule has 1 atom stereocenters. The van der Waals surface area contributed by atoms with Gasteiger partial charge in [-0.3, -0.25) is 4.79 Å². The molecule has 1 aromatic heterocycles. The zero-order chi connectivity index (χ0) is 15.0. The van der Waals surface area contributed by atoms with Crippen molar-refractivity contribution >= 4 is 17.1 Å². The summed E-state index contributed by atoms with van der Waals surface area (Å²) in [4.78, 5) is 15.2. The minimum absolute atomic E-state index is 0.184. The van der Waals surface area contributed by atoms with E-state index in [1.165, 1.54) is 19.1 Å². The lowest BCUT2D eigenvalue weighted by Gasteiger charge is -2.07. The van der Waals surface area contributed by atoms with Gasteiger partial charge in [0.15, 0.2) is 5.58 Å². The first kappa shape index (κ1) is 13.3. The Kier molecular flexibility index (Phi) is 3.17. The molecule has 0 radical (unpaired) electrons. The maximum atomic E-state index is 14.2. The summed E-state index contributed by atoms with van der Waals surface area (Å²) in [5.41, 5.74) is 1.84. The number of carbonyl (C=O) groups is 1. The summed E-state index contributed by atoms with van der Waals surface area (Å²) in [5, 5.41) is 8.95. The SMILES string of the molecule is CC(C(=O)O)c1ccc(-c2nc3ccccc3o2)c(F)c1. The van der Waals surface area contributed by atoms with Crippen LogP contribution in [0.1, 0.15) is 18.4 Å². The van der Waals surface area contributed by atoms with E-state index in [2.05, 4.69) is 4.98 Å². The quantitative estimate of drug-likeness (QED) is 0.794. The zero-order valence-electron chi connectivity index (χ0n) is 11.2. The molecule has 3 rings (SSSR count). The van der Waals surface area contributed by atoms with Gasteiger partial charge < -0.3 is 9.52 Å². The van der Waals surface area contributed by atoms with Gasteiger partial charge in [-0.25, -0.2) is 9.37 Å². The number of hydrogen-bond acceptors (Lipinski definition) is 3. The lowest BCUT2D eigenvalue weighted by molar-refractivity contribution is -0.138. The van der Waals surface area contributed by atoms with Crippen LogP contribution in [0.3, 0.4) is 0 Å². The van der Waals surface area contributed by atoms with Gasteiger partial charge in [0.1, 0.15) is 11.3 Å². The van der Waals surface area contributed by atoms with Crippen LogP contribution in [0.4, 0.5) is 4.39 Å². The number of hydrogen-bond donors (Lipinski definition) is 1. The summed E-state index contributed by atoms with van der Waals surface area (Å²) >= 11 is 0. The van der Waals surface area contributed by atoms with E-state index < -0.39 is 17.7 Å². The summed E-state index contributed by atoms with van der Waals surface area (Å²) in [7, 11) is 0. The maximum Gasteiger partial charge on any atom is 0.310 e. The first-order chi connectivity index (χ1) is 10.1. The topological polar surface area (TPSA) is 63.3 Å². The third-order valence-corrected chi connectivity index (χ3v) is 3.39. The zero-order valence-corrected chi connectivity index (χ0v) is 11.2. The summed E-state index contributed by atoms with van der Waals surface area (Å²) in [6.07, 6.45) is 0. The molecular weight excluding hydrogens is 273 g/mol. The molecule has 0 fully saturated rings. The van der Waals surface area contributed by atoms with Crippen molar-refractivity contribution in [1.82, 2.24) is 4.98 Å². The van der Waals surface area contributed by atoms with Gasteiger partial charge >= 0.3 is 5.97 Å². The van der Waals surface area contributed by atoms with Crippen molar-refractivity contribution in [2.75, 3.05) is 0 Å². The normalized spacial score (nSPS) is 12.5. The summed E-state index contributed by atoms with van der Waals surface area (Å²) < 4.78 is 19.7. The van der Waals surface area contributed by atoms with Gasteiger partial charge in [0.2, 0.25) is 5.89 Å². The highest BCUT2D eigenvalue weighted by molar-refractivity contribution is 5.77. The van der Waals surface area contributed by atoms with Crippen molar-refractivity contribution in [3.63, 3.8) is 0 Å². The Morgan fingerprint density at radius 1 is 1.29 bits per heavy atom. The number of para-hydroxylation sites is 2. The van der Waals surface area contributed by atoms with Gasteiger partial charge in [0.05, 0.1) is 11.5 Å². The van der Waals surface area contributed by atoms with Crippen LogP contribution in [0.2, 0.25) is 0 Å². The first-order valence-corrected chi connectivity index (χ1v) is 6.44. The molecule has 0 aliphatic heterocycles. The molecule has 0 aliphatic carbocycles. The Labute approximate surface area is 119 Å². The van der Waals surface area contributed by atoms with E-state index in [-0.39, 0.29) is 11.5 Å². The second-order valence-corrected chi connectivity index (χ2v) is 4.79. The second kappa shape index (κ2) is 5.01.